The van der Waals surface area contributed by atoms with Crippen molar-refractivity contribution >= 4 is 110 Å². The average molecular weight is 622 g/mol. The molecule has 50 heavy (non-hydrogen) atoms. The second-order valence-electron chi connectivity index (χ2n) is 12.7. The minimum Gasteiger partial charge on any atom is -0.456 e. The summed E-state index contributed by atoms with van der Waals surface area (Å²) >= 11 is 0. The van der Waals surface area contributed by atoms with Gasteiger partial charge in [0.05, 0.1) is 0 Å². The van der Waals surface area contributed by atoms with E-state index in [1.165, 1.54) is 0 Å². The Labute approximate surface area is 297 Å². The Kier molecular flexibility index (Phi) is 7.18. The Morgan fingerprint density at radius 1 is 0.300 bits per heavy atom. The lowest BCUT2D eigenvalue weighted by Crippen LogP contribution is -2.55. The highest BCUT2D eigenvalue weighted by atomic mass is 16.3. The van der Waals surface area contributed by atoms with Crippen molar-refractivity contribution in [2.75, 3.05) is 0 Å². The molecule has 220 valence electrons. The Bertz CT molecular complexity index is 2720. The number of para-hydroxylation sites is 1. The Morgan fingerprint density at radius 3 is 1.34 bits per heavy atom. The summed E-state index contributed by atoms with van der Waals surface area (Å²) in [4.78, 5) is 0. The van der Waals surface area contributed by atoms with Gasteiger partial charge in [0.2, 0.25) is 0 Å². The van der Waals surface area contributed by atoms with Crippen molar-refractivity contribution in [3.8, 4) is 44.5 Å². The van der Waals surface area contributed by atoms with Crippen LogP contribution in [-0.2, 0) is 0 Å². The van der Waals surface area contributed by atoms with Crippen molar-refractivity contribution in [2.45, 2.75) is 0 Å². The molecule has 9 aromatic rings. The van der Waals surface area contributed by atoms with E-state index in [1.807, 2.05) is 42.5 Å². The van der Waals surface area contributed by atoms with E-state index in [-0.39, 0.29) is 16.4 Å². The van der Waals surface area contributed by atoms with Gasteiger partial charge >= 0.3 is 0 Å². The predicted molar refractivity (Wildman–Crippen MR) is 217 cm³/mol. The topological polar surface area (TPSA) is 13.1 Å². The molecule has 0 aliphatic carbocycles. The summed E-state index contributed by atoms with van der Waals surface area (Å²) in [5, 5.41) is 6.26. The van der Waals surface area contributed by atoms with Gasteiger partial charge < -0.3 is 4.42 Å². The second kappa shape index (κ2) is 11.8. The molecule has 0 N–H and O–H groups in total. The lowest BCUT2D eigenvalue weighted by Gasteiger charge is -2.25. The molecule has 6 heteroatoms. The molecule has 0 amide bonds. The van der Waals surface area contributed by atoms with Gasteiger partial charge in [-0.25, -0.2) is 0 Å². The maximum Gasteiger partial charge on any atom is 0.136 e. The van der Waals surface area contributed by atoms with Gasteiger partial charge in [0.1, 0.15) is 50.4 Å². The molecular weight excluding hydrogens is 599 g/mol. The van der Waals surface area contributed by atoms with Crippen molar-refractivity contribution in [1.82, 2.24) is 0 Å². The Hall–Kier alpha value is -5.60. The van der Waals surface area contributed by atoms with Crippen LogP contribution < -0.4 is 27.3 Å². The van der Waals surface area contributed by atoms with Crippen LogP contribution in [-0.4, -0.2) is 39.2 Å². The summed E-state index contributed by atoms with van der Waals surface area (Å²) < 4.78 is 6.34. The van der Waals surface area contributed by atoms with Gasteiger partial charge in [-0.1, -0.05) is 138 Å². The van der Waals surface area contributed by atoms with Crippen LogP contribution in [0.3, 0.4) is 0 Å². The highest BCUT2D eigenvalue weighted by Gasteiger charge is 2.22. The number of rotatable bonds is 4. The van der Waals surface area contributed by atoms with Gasteiger partial charge in [0, 0.05) is 16.3 Å². The summed E-state index contributed by atoms with van der Waals surface area (Å²) in [5.74, 6) is 0. The second-order valence-corrected chi connectivity index (χ2v) is 12.7. The summed E-state index contributed by atoms with van der Waals surface area (Å²) in [5.41, 5.74) is 11.2. The maximum absolute atomic E-state index is 6.66. The van der Waals surface area contributed by atoms with Crippen LogP contribution in [0.5, 0.6) is 0 Å². The fraction of sp³-hybridized carbons (Fsp3) is 0. The van der Waals surface area contributed by atoms with E-state index in [4.69, 9.17) is 43.6 Å². The van der Waals surface area contributed by atoms with Crippen molar-refractivity contribution in [2.24, 2.45) is 0 Å². The van der Waals surface area contributed by atoms with Gasteiger partial charge in [0.25, 0.3) is 0 Å². The third-order valence-corrected chi connectivity index (χ3v) is 9.97. The first kappa shape index (κ1) is 30.5. The number of fused-ring (bicyclic) bond motifs is 5. The molecule has 0 bridgehead atoms. The first-order valence-electron chi connectivity index (χ1n) is 16.5. The molecule has 10 radical (unpaired) electrons. The highest BCUT2D eigenvalue weighted by Crippen LogP contribution is 2.45. The molecule has 0 spiro atoms. The standard InChI is InChI=1S/C44H23B5O/c45-40-39(41(46)43(48)44(49)42(40)47)37-30-14-6-4-12-28(30)35(29-13-5-7-15-31(29)37)25-18-20-26(21-19-25)36-27(24-10-2-1-3-11-24)22-23-34-38(36)32-16-8-9-17-33(32)50-34/h1-23H. The molecule has 8 aromatic carbocycles. The smallest absolute Gasteiger partial charge is 0.136 e. The van der Waals surface area contributed by atoms with Gasteiger partial charge in [-0.05, 0) is 72.6 Å². The van der Waals surface area contributed by atoms with E-state index in [2.05, 4.69) is 97.1 Å². The average Bonchev–Trinajstić information content (AvgIpc) is 3.55. The van der Waals surface area contributed by atoms with Crippen LogP contribution in [0.15, 0.2) is 144 Å². The molecule has 0 saturated heterocycles. The van der Waals surface area contributed by atoms with Gasteiger partial charge in [-0.3, -0.25) is 0 Å². The Morgan fingerprint density at radius 2 is 0.760 bits per heavy atom. The molecule has 9 rings (SSSR count). The van der Waals surface area contributed by atoms with Crippen molar-refractivity contribution in [1.29, 1.82) is 0 Å². The van der Waals surface area contributed by atoms with Crippen LogP contribution in [0.25, 0.3) is 88.0 Å². The Balaban J connectivity index is 1.31. The third-order valence-electron chi connectivity index (χ3n) is 9.97. The first-order valence-corrected chi connectivity index (χ1v) is 16.5. The van der Waals surface area contributed by atoms with Crippen molar-refractivity contribution < 1.29 is 4.42 Å². The number of furan rings is 1. The summed E-state index contributed by atoms with van der Waals surface area (Å²) in [7, 11) is 32.3. The van der Waals surface area contributed by atoms with Gasteiger partial charge in [0.15, 0.2) is 0 Å². The zero-order chi connectivity index (χ0) is 34.1. The molecule has 0 aliphatic rings. The fourth-order valence-electron chi connectivity index (χ4n) is 7.61. The molecule has 0 unspecified atom stereocenters. The van der Waals surface area contributed by atoms with E-state index >= 15 is 0 Å². The first-order chi connectivity index (χ1) is 24.4. The quantitative estimate of drug-likeness (QED) is 0.161. The molecule has 1 aromatic heterocycles. The largest absolute Gasteiger partial charge is 0.456 e. The molecule has 0 saturated carbocycles. The molecule has 0 atom stereocenters. The summed E-state index contributed by atoms with van der Waals surface area (Å²) in [6, 6.07) is 48.4. The lowest BCUT2D eigenvalue weighted by atomic mass is 9.59. The highest BCUT2D eigenvalue weighted by molar-refractivity contribution is 6.69. The SMILES string of the molecule is [B]c1c([B])c([B])c(-c2c3ccccc3c(-c3ccc(-c4c(-c5ccccc5)ccc5oc6ccccc6c45)cc3)c3ccccc23)c([B])c1[B]. The zero-order valence-electron chi connectivity index (χ0n) is 27.1. The van der Waals surface area contributed by atoms with Crippen LogP contribution in [0.2, 0.25) is 0 Å². The van der Waals surface area contributed by atoms with Crippen molar-refractivity contribution in [3.05, 3.63) is 140 Å². The third kappa shape index (κ3) is 4.55. The minimum absolute atomic E-state index is 0.198. The summed E-state index contributed by atoms with van der Waals surface area (Å²) in [6.45, 7) is 0. The molecule has 0 fully saturated rings. The van der Waals surface area contributed by atoms with Crippen LogP contribution >= 0.6 is 0 Å². The molecule has 1 nitrogen and oxygen atoms in total. The fourth-order valence-corrected chi connectivity index (χ4v) is 7.61. The van der Waals surface area contributed by atoms with Crippen LogP contribution in [0.4, 0.5) is 0 Å². The van der Waals surface area contributed by atoms with Crippen LogP contribution in [0, 0.1) is 0 Å². The van der Waals surface area contributed by atoms with E-state index in [9.17, 15) is 0 Å². The minimum atomic E-state index is 0.198. The van der Waals surface area contributed by atoms with Gasteiger partial charge in [-0.15, -0.1) is 16.4 Å². The lowest BCUT2D eigenvalue weighted by molar-refractivity contribution is 0.669. The zero-order valence-corrected chi connectivity index (χ0v) is 27.1. The number of benzene rings is 8. The predicted octanol–water partition coefficient (Wildman–Crippen LogP) is 6.53. The molecule has 1 heterocycles. The van der Waals surface area contributed by atoms with E-state index in [0.29, 0.717) is 16.5 Å². The molecule has 0 aliphatic heterocycles. The normalized spacial score (nSPS) is 11.6. The van der Waals surface area contributed by atoms with E-state index < -0.39 is 0 Å². The number of hydrogen-bond acceptors (Lipinski definition) is 1. The monoisotopic (exact) mass is 622 g/mol. The van der Waals surface area contributed by atoms with E-state index in [0.717, 1.165) is 82.4 Å². The number of hydrogen-bond donors (Lipinski definition) is 0. The molecular formula is C44H23B5O. The summed E-state index contributed by atoms with van der Waals surface area (Å²) in [6.07, 6.45) is 0. The van der Waals surface area contributed by atoms with Gasteiger partial charge in [-0.2, -0.15) is 0 Å². The van der Waals surface area contributed by atoms with Crippen LogP contribution in [0.1, 0.15) is 0 Å². The van der Waals surface area contributed by atoms with Crippen molar-refractivity contribution in [3.63, 3.8) is 0 Å². The maximum atomic E-state index is 6.66. The van der Waals surface area contributed by atoms with E-state index in [1.54, 1.807) is 0 Å².